The van der Waals surface area contributed by atoms with Gasteiger partial charge in [-0.2, -0.15) is 5.90 Å². The Morgan fingerprint density at radius 1 is 1.35 bits per heavy atom. The molecule has 0 atom stereocenters. The summed E-state index contributed by atoms with van der Waals surface area (Å²) in [6.07, 6.45) is 7.61. The normalized spacial score (nSPS) is 12.1. The van der Waals surface area contributed by atoms with E-state index in [-0.39, 0.29) is 5.41 Å². The van der Waals surface area contributed by atoms with Gasteiger partial charge in [0.25, 0.3) is 0 Å². The van der Waals surface area contributed by atoms with Crippen LogP contribution in [0.3, 0.4) is 0 Å². The molecule has 20 heavy (non-hydrogen) atoms. The van der Waals surface area contributed by atoms with E-state index >= 15 is 0 Å². The van der Waals surface area contributed by atoms with Crippen LogP contribution in [0.1, 0.15) is 38.3 Å². The Morgan fingerprint density at radius 3 is 2.55 bits per heavy atom. The van der Waals surface area contributed by atoms with Crippen molar-refractivity contribution in [3.63, 3.8) is 0 Å². The Morgan fingerprint density at radius 2 is 2.05 bits per heavy atom. The number of aryl methyl sites for hydroxylation is 1. The molecule has 0 aliphatic heterocycles. The lowest BCUT2D eigenvalue weighted by molar-refractivity contribution is 0.321. The largest absolute Gasteiger partial charge is 0.411 e. The summed E-state index contributed by atoms with van der Waals surface area (Å²) in [4.78, 5) is 5.20. The minimum absolute atomic E-state index is 0.242. The highest BCUT2D eigenvalue weighted by atomic mass is 16.6. The molecule has 0 heterocycles. The van der Waals surface area contributed by atoms with E-state index in [1.807, 2.05) is 12.2 Å². The number of benzene rings is 1. The molecule has 0 fully saturated rings. The van der Waals surface area contributed by atoms with Gasteiger partial charge in [-0.05, 0) is 17.6 Å². The van der Waals surface area contributed by atoms with Crippen molar-refractivity contribution in [2.75, 3.05) is 0 Å². The minimum atomic E-state index is -0.242. The molecule has 0 amide bonds. The van der Waals surface area contributed by atoms with E-state index in [0.717, 1.165) is 35.3 Å². The number of nitrogens with two attached hydrogens (primary N) is 1. The van der Waals surface area contributed by atoms with Gasteiger partial charge in [-0.3, -0.25) is 0 Å². The van der Waals surface area contributed by atoms with E-state index in [4.69, 9.17) is 10.7 Å². The van der Waals surface area contributed by atoms with Gasteiger partial charge in [-0.15, -0.1) is 0 Å². The van der Waals surface area contributed by atoms with Crippen LogP contribution in [-0.2, 0) is 11.8 Å². The Labute approximate surface area is 122 Å². The molecule has 1 rings (SSSR count). The zero-order valence-electron chi connectivity index (χ0n) is 12.8. The predicted octanol–water partition coefficient (Wildman–Crippen LogP) is 4.47. The average Bonchev–Trinajstić information content (AvgIpc) is 2.44. The molecule has 1 aromatic carbocycles. The highest BCUT2D eigenvalue weighted by molar-refractivity contribution is 5.51. The van der Waals surface area contributed by atoms with E-state index in [1.54, 1.807) is 6.08 Å². The van der Waals surface area contributed by atoms with Gasteiger partial charge < -0.3 is 4.84 Å². The third kappa shape index (κ3) is 3.20. The molecule has 0 saturated heterocycles. The van der Waals surface area contributed by atoms with Crippen molar-refractivity contribution >= 4 is 0 Å². The van der Waals surface area contributed by atoms with Crippen LogP contribution in [0.5, 0.6) is 5.75 Å². The topological polar surface area (TPSA) is 35.2 Å². The lowest BCUT2D eigenvalue weighted by Crippen LogP contribution is -2.22. The molecule has 0 unspecified atom stereocenters. The molecule has 0 aliphatic carbocycles. The maximum absolute atomic E-state index is 5.53. The van der Waals surface area contributed by atoms with Crippen LogP contribution in [0.25, 0.3) is 0 Å². The third-order valence-electron chi connectivity index (χ3n) is 3.65. The van der Waals surface area contributed by atoms with Crippen molar-refractivity contribution in [1.29, 1.82) is 0 Å². The van der Waals surface area contributed by atoms with Gasteiger partial charge in [0.15, 0.2) is 5.75 Å². The summed E-state index contributed by atoms with van der Waals surface area (Å²) in [7, 11) is 0. The van der Waals surface area contributed by atoms with E-state index in [2.05, 4.69) is 52.1 Å². The smallest absolute Gasteiger partial charge is 0.154 e. The van der Waals surface area contributed by atoms with E-state index in [0.29, 0.717) is 0 Å². The SMILES string of the molecule is C=C/C=C(\C=C)C(C)(C)c1cccc(CCC)c1ON. The third-order valence-corrected chi connectivity index (χ3v) is 3.65. The Hall–Kier alpha value is -1.80. The first kappa shape index (κ1) is 16.3. The van der Waals surface area contributed by atoms with Gasteiger partial charge in [0.2, 0.25) is 0 Å². The van der Waals surface area contributed by atoms with Crippen molar-refractivity contribution in [3.8, 4) is 5.75 Å². The summed E-state index contributed by atoms with van der Waals surface area (Å²) in [6, 6.07) is 6.18. The van der Waals surface area contributed by atoms with E-state index in [9.17, 15) is 0 Å². The Kier molecular flexibility index (Phi) is 5.78. The summed E-state index contributed by atoms with van der Waals surface area (Å²) < 4.78 is 0. The van der Waals surface area contributed by atoms with Crippen molar-refractivity contribution in [2.24, 2.45) is 5.90 Å². The molecule has 0 aliphatic rings. The molecule has 2 N–H and O–H groups in total. The van der Waals surface area contributed by atoms with E-state index < -0.39 is 0 Å². The van der Waals surface area contributed by atoms with Gasteiger partial charge in [-0.1, -0.05) is 76.8 Å². The highest BCUT2D eigenvalue weighted by Gasteiger charge is 2.28. The molecular formula is C18H25NO. The summed E-state index contributed by atoms with van der Waals surface area (Å²) in [5.74, 6) is 6.30. The molecule has 2 nitrogen and oxygen atoms in total. The second-order valence-corrected chi connectivity index (χ2v) is 5.35. The molecule has 1 aromatic rings. The van der Waals surface area contributed by atoms with Gasteiger partial charge >= 0.3 is 0 Å². The van der Waals surface area contributed by atoms with Crippen molar-refractivity contribution in [1.82, 2.24) is 0 Å². The zero-order valence-corrected chi connectivity index (χ0v) is 12.8. The fourth-order valence-corrected chi connectivity index (χ4v) is 2.50. The van der Waals surface area contributed by atoms with Gasteiger partial charge in [0.1, 0.15) is 0 Å². The number of hydrogen-bond acceptors (Lipinski definition) is 2. The second kappa shape index (κ2) is 7.11. The lowest BCUT2D eigenvalue weighted by Gasteiger charge is -2.29. The van der Waals surface area contributed by atoms with Crippen molar-refractivity contribution in [3.05, 3.63) is 66.3 Å². The van der Waals surface area contributed by atoms with Crippen LogP contribution < -0.4 is 10.7 Å². The molecule has 0 aromatic heterocycles. The molecule has 2 heteroatoms. The number of rotatable bonds is 7. The summed E-state index contributed by atoms with van der Waals surface area (Å²) >= 11 is 0. The van der Waals surface area contributed by atoms with Crippen LogP contribution >= 0.6 is 0 Å². The quantitative estimate of drug-likeness (QED) is 0.586. The monoisotopic (exact) mass is 271 g/mol. The lowest BCUT2D eigenvalue weighted by atomic mass is 9.76. The number of para-hydroxylation sites is 1. The number of allylic oxidation sites excluding steroid dienone is 4. The first-order valence-corrected chi connectivity index (χ1v) is 6.97. The van der Waals surface area contributed by atoms with E-state index in [1.165, 1.54) is 0 Å². The molecule has 108 valence electrons. The summed E-state index contributed by atoms with van der Waals surface area (Å²) in [5, 5.41) is 0. The summed E-state index contributed by atoms with van der Waals surface area (Å²) in [6.45, 7) is 14.1. The van der Waals surface area contributed by atoms with Crippen LogP contribution in [0, 0.1) is 0 Å². The zero-order chi connectivity index (χ0) is 15.2. The second-order valence-electron chi connectivity index (χ2n) is 5.35. The first-order valence-electron chi connectivity index (χ1n) is 6.97. The molecule has 0 spiro atoms. The van der Waals surface area contributed by atoms with Crippen molar-refractivity contribution in [2.45, 2.75) is 39.0 Å². The van der Waals surface area contributed by atoms with Gasteiger partial charge in [-0.25, -0.2) is 0 Å². The summed E-state index contributed by atoms with van der Waals surface area (Å²) in [5.41, 5.74) is 3.05. The maximum Gasteiger partial charge on any atom is 0.154 e. The van der Waals surface area contributed by atoms with Crippen LogP contribution in [0.4, 0.5) is 0 Å². The fourth-order valence-electron chi connectivity index (χ4n) is 2.50. The molecule has 0 radical (unpaired) electrons. The van der Waals surface area contributed by atoms with Crippen LogP contribution in [0.15, 0.2) is 55.2 Å². The fraction of sp³-hybridized carbons (Fsp3) is 0.333. The molecule has 0 bridgehead atoms. The minimum Gasteiger partial charge on any atom is -0.411 e. The molecular weight excluding hydrogens is 246 g/mol. The Bertz CT molecular complexity index is 512. The predicted molar refractivity (Wildman–Crippen MR) is 86.8 cm³/mol. The van der Waals surface area contributed by atoms with Crippen LogP contribution in [-0.4, -0.2) is 0 Å². The highest BCUT2D eigenvalue weighted by Crippen LogP contribution is 2.39. The van der Waals surface area contributed by atoms with Gasteiger partial charge in [0, 0.05) is 11.0 Å². The van der Waals surface area contributed by atoms with Gasteiger partial charge in [0.05, 0.1) is 0 Å². The standard InChI is InChI=1S/C18H25NO/c1-6-10-14-12-9-13-16(17(14)20-19)18(4,5)15(8-3)11-7-2/h7-9,11-13H,2-3,6,10,19H2,1,4-5H3/b15-11+. The van der Waals surface area contributed by atoms with Crippen molar-refractivity contribution < 1.29 is 4.84 Å². The maximum atomic E-state index is 5.53. The first-order chi connectivity index (χ1) is 9.52. The average molecular weight is 271 g/mol. The number of hydrogen-bond donors (Lipinski definition) is 1. The Balaban J connectivity index is 3.44. The van der Waals surface area contributed by atoms with Crippen LogP contribution in [0.2, 0.25) is 0 Å². The molecule has 0 saturated carbocycles.